The van der Waals surface area contributed by atoms with E-state index in [1.165, 1.54) is 0 Å². The lowest BCUT2D eigenvalue weighted by atomic mass is 10.5. The van der Waals surface area contributed by atoms with Crippen LogP contribution < -0.4 is 0 Å². The summed E-state index contributed by atoms with van der Waals surface area (Å²) in [4.78, 5) is 10.3. The van der Waals surface area contributed by atoms with Gasteiger partial charge in [-0.1, -0.05) is 6.07 Å². The van der Waals surface area contributed by atoms with E-state index in [0.717, 1.165) is 11.7 Å². The first kappa shape index (κ1) is 8.71. The summed E-state index contributed by atoms with van der Waals surface area (Å²) in [7, 11) is 3.92. The molecule has 0 aliphatic rings. The van der Waals surface area contributed by atoms with E-state index in [0.29, 0.717) is 0 Å². The molecule has 0 bridgehead atoms. The van der Waals surface area contributed by atoms with E-state index in [4.69, 9.17) is 0 Å². The molecule has 0 radical (unpaired) electrons. The van der Waals surface area contributed by atoms with Crippen molar-refractivity contribution in [1.82, 2.24) is 9.88 Å². The molecule has 0 saturated heterocycles. The van der Waals surface area contributed by atoms with Crippen molar-refractivity contribution in [3.63, 3.8) is 0 Å². The number of aliphatic imine (C=N–C) groups is 1. The molecule has 0 aliphatic heterocycles. The van der Waals surface area contributed by atoms with Gasteiger partial charge in [-0.05, 0) is 19.1 Å². The average molecular weight is 163 g/mol. The fourth-order valence-corrected chi connectivity index (χ4v) is 0.686. The van der Waals surface area contributed by atoms with Gasteiger partial charge in [0.2, 0.25) is 0 Å². The molecule has 0 aromatic carbocycles. The Morgan fingerprint density at radius 2 is 2.17 bits per heavy atom. The predicted octanol–water partition coefficient (Wildman–Crippen LogP) is 1.69. The quantitative estimate of drug-likeness (QED) is 0.465. The Labute approximate surface area is 72.8 Å². The highest BCUT2D eigenvalue weighted by Crippen LogP contribution is 2.05. The van der Waals surface area contributed by atoms with E-state index in [2.05, 4.69) is 9.98 Å². The third kappa shape index (κ3) is 2.34. The van der Waals surface area contributed by atoms with Gasteiger partial charge >= 0.3 is 0 Å². The largest absolute Gasteiger partial charge is 0.366 e. The maximum atomic E-state index is 4.29. The van der Waals surface area contributed by atoms with Gasteiger partial charge in [0.05, 0.1) is 0 Å². The van der Waals surface area contributed by atoms with E-state index in [1.54, 1.807) is 6.20 Å². The zero-order valence-corrected chi connectivity index (χ0v) is 7.65. The monoisotopic (exact) mass is 163 g/mol. The van der Waals surface area contributed by atoms with Gasteiger partial charge in [-0.25, -0.2) is 9.98 Å². The van der Waals surface area contributed by atoms with E-state index >= 15 is 0 Å². The minimum absolute atomic E-state index is 0.753. The zero-order valence-electron chi connectivity index (χ0n) is 7.65. The van der Waals surface area contributed by atoms with Crippen LogP contribution in [0.15, 0.2) is 29.4 Å². The van der Waals surface area contributed by atoms with Crippen LogP contribution in [0.4, 0.5) is 5.82 Å². The summed E-state index contributed by atoms with van der Waals surface area (Å²) in [5.74, 6) is 1.71. The van der Waals surface area contributed by atoms with Crippen molar-refractivity contribution >= 4 is 11.7 Å². The number of pyridine rings is 1. The second-order valence-electron chi connectivity index (χ2n) is 2.74. The van der Waals surface area contributed by atoms with Crippen LogP contribution in [0.5, 0.6) is 0 Å². The minimum atomic E-state index is 0.753. The Bertz CT molecular complexity index is 264. The molecule has 0 N–H and O–H groups in total. The van der Waals surface area contributed by atoms with Crippen molar-refractivity contribution in [2.24, 2.45) is 4.99 Å². The molecule has 1 aromatic rings. The third-order valence-electron chi connectivity index (χ3n) is 1.57. The Kier molecular flexibility index (Phi) is 2.80. The first-order chi connectivity index (χ1) is 5.70. The van der Waals surface area contributed by atoms with Gasteiger partial charge in [0.25, 0.3) is 0 Å². The summed E-state index contributed by atoms with van der Waals surface area (Å²) in [6.07, 6.45) is 1.74. The minimum Gasteiger partial charge on any atom is -0.366 e. The average Bonchev–Trinajstić information content (AvgIpc) is 2.06. The maximum Gasteiger partial charge on any atom is 0.153 e. The number of hydrogen-bond donors (Lipinski definition) is 0. The molecule has 1 aromatic heterocycles. The van der Waals surface area contributed by atoms with Crippen molar-refractivity contribution in [2.45, 2.75) is 6.92 Å². The second kappa shape index (κ2) is 3.85. The summed E-state index contributed by atoms with van der Waals surface area (Å²) in [5.41, 5.74) is 0. The Balaban J connectivity index is 2.81. The molecular weight excluding hydrogens is 150 g/mol. The van der Waals surface area contributed by atoms with E-state index in [-0.39, 0.29) is 0 Å². The lowest BCUT2D eigenvalue weighted by molar-refractivity contribution is 0.618. The Morgan fingerprint density at radius 1 is 1.42 bits per heavy atom. The van der Waals surface area contributed by atoms with Crippen LogP contribution in [0.1, 0.15) is 6.92 Å². The second-order valence-corrected chi connectivity index (χ2v) is 2.74. The molecule has 0 unspecified atom stereocenters. The van der Waals surface area contributed by atoms with Gasteiger partial charge in [0.15, 0.2) is 5.82 Å². The van der Waals surface area contributed by atoms with Crippen LogP contribution in [0.25, 0.3) is 0 Å². The molecule has 1 heterocycles. The lowest BCUT2D eigenvalue weighted by Crippen LogP contribution is -2.17. The molecule has 0 spiro atoms. The third-order valence-corrected chi connectivity index (χ3v) is 1.57. The molecule has 0 atom stereocenters. The van der Waals surface area contributed by atoms with Gasteiger partial charge in [-0.15, -0.1) is 0 Å². The molecule has 64 valence electrons. The molecule has 0 aliphatic carbocycles. The van der Waals surface area contributed by atoms with Gasteiger partial charge < -0.3 is 4.90 Å². The topological polar surface area (TPSA) is 28.5 Å². The summed E-state index contributed by atoms with van der Waals surface area (Å²) >= 11 is 0. The maximum absolute atomic E-state index is 4.29. The summed E-state index contributed by atoms with van der Waals surface area (Å²) in [6, 6.07) is 5.69. The SMILES string of the molecule is C/C(=N/c1ccccn1)N(C)C. The number of aromatic nitrogens is 1. The molecule has 0 saturated carbocycles. The molecule has 1 rings (SSSR count). The fourth-order valence-electron chi connectivity index (χ4n) is 0.686. The summed E-state index contributed by atoms with van der Waals surface area (Å²) < 4.78 is 0. The van der Waals surface area contributed by atoms with Gasteiger partial charge in [-0.2, -0.15) is 0 Å². The highest BCUT2D eigenvalue weighted by molar-refractivity contribution is 5.81. The van der Waals surface area contributed by atoms with Gasteiger partial charge in [-0.3, -0.25) is 0 Å². The highest BCUT2D eigenvalue weighted by atomic mass is 15.1. The lowest BCUT2D eigenvalue weighted by Gasteiger charge is -2.10. The summed E-state index contributed by atoms with van der Waals surface area (Å²) in [5, 5.41) is 0. The van der Waals surface area contributed by atoms with Crippen LogP contribution in [-0.4, -0.2) is 29.8 Å². The fraction of sp³-hybridized carbons (Fsp3) is 0.333. The van der Waals surface area contributed by atoms with Crippen molar-refractivity contribution < 1.29 is 0 Å². The zero-order chi connectivity index (χ0) is 8.97. The van der Waals surface area contributed by atoms with Crippen molar-refractivity contribution in [3.05, 3.63) is 24.4 Å². The first-order valence-corrected chi connectivity index (χ1v) is 3.84. The summed E-state index contributed by atoms with van der Waals surface area (Å²) in [6.45, 7) is 1.95. The molecule has 3 nitrogen and oxygen atoms in total. The standard InChI is InChI=1S/C9H13N3/c1-8(12(2)3)11-9-6-4-5-7-10-9/h4-7H,1-3H3/b11-8-. The highest BCUT2D eigenvalue weighted by Gasteiger charge is 1.93. The van der Waals surface area contributed by atoms with Crippen LogP contribution in [0.3, 0.4) is 0 Å². The Morgan fingerprint density at radius 3 is 2.67 bits per heavy atom. The van der Waals surface area contributed by atoms with E-state index in [9.17, 15) is 0 Å². The van der Waals surface area contributed by atoms with E-state index in [1.807, 2.05) is 44.1 Å². The Hall–Kier alpha value is -1.38. The van der Waals surface area contributed by atoms with Crippen LogP contribution in [0.2, 0.25) is 0 Å². The molecule has 3 heteroatoms. The number of hydrogen-bond acceptors (Lipinski definition) is 2. The molecule has 0 amide bonds. The molecule has 0 fully saturated rings. The van der Waals surface area contributed by atoms with Crippen molar-refractivity contribution in [1.29, 1.82) is 0 Å². The van der Waals surface area contributed by atoms with Crippen LogP contribution >= 0.6 is 0 Å². The van der Waals surface area contributed by atoms with Crippen LogP contribution in [-0.2, 0) is 0 Å². The molecule has 12 heavy (non-hydrogen) atoms. The number of amidine groups is 1. The van der Waals surface area contributed by atoms with E-state index < -0.39 is 0 Å². The normalized spacial score (nSPS) is 11.4. The smallest absolute Gasteiger partial charge is 0.153 e. The van der Waals surface area contributed by atoms with Gasteiger partial charge in [0.1, 0.15) is 5.84 Å². The predicted molar refractivity (Wildman–Crippen MR) is 50.7 cm³/mol. The first-order valence-electron chi connectivity index (χ1n) is 3.84. The van der Waals surface area contributed by atoms with Crippen molar-refractivity contribution in [3.8, 4) is 0 Å². The molecular formula is C9H13N3. The number of rotatable bonds is 1. The number of nitrogens with zero attached hydrogens (tertiary/aromatic N) is 3. The van der Waals surface area contributed by atoms with Crippen LogP contribution in [0, 0.1) is 0 Å². The van der Waals surface area contributed by atoms with Gasteiger partial charge in [0, 0.05) is 20.3 Å². The van der Waals surface area contributed by atoms with Crippen molar-refractivity contribution in [2.75, 3.05) is 14.1 Å².